The molecule has 23 heavy (non-hydrogen) atoms. The predicted molar refractivity (Wildman–Crippen MR) is 93.1 cm³/mol. The molecule has 0 radical (unpaired) electrons. The van der Waals surface area contributed by atoms with Gasteiger partial charge in [0.25, 0.3) is 5.56 Å². The van der Waals surface area contributed by atoms with Crippen LogP contribution in [0.15, 0.2) is 40.5 Å². The molecule has 0 saturated carbocycles. The standard InChI is InChI=1S/C17H17N3O2S/c21-12-6-8-20(9-7-12)17-18-14-13(11-4-2-1-3-5-11)10-23-15(14)16(22)19-17/h1-5,10,12,21H,6-9H2,(H,18,19,22). The molecule has 5 nitrogen and oxygen atoms in total. The predicted octanol–water partition coefficient (Wildman–Crippen LogP) is 2.61. The van der Waals surface area contributed by atoms with E-state index in [9.17, 15) is 9.90 Å². The van der Waals surface area contributed by atoms with Gasteiger partial charge in [0, 0.05) is 24.0 Å². The summed E-state index contributed by atoms with van der Waals surface area (Å²) < 4.78 is 0.657. The lowest BCUT2D eigenvalue weighted by Gasteiger charge is -2.29. The van der Waals surface area contributed by atoms with Crippen molar-refractivity contribution in [2.75, 3.05) is 18.0 Å². The zero-order valence-corrected chi connectivity index (χ0v) is 13.3. The summed E-state index contributed by atoms with van der Waals surface area (Å²) in [5, 5.41) is 11.6. The third-order valence-electron chi connectivity index (χ3n) is 4.26. The van der Waals surface area contributed by atoms with Crippen LogP contribution in [0, 0.1) is 0 Å². The number of aromatic amines is 1. The lowest BCUT2D eigenvalue weighted by molar-refractivity contribution is 0.145. The van der Waals surface area contributed by atoms with Gasteiger partial charge >= 0.3 is 0 Å². The van der Waals surface area contributed by atoms with Crippen LogP contribution in [0.25, 0.3) is 21.3 Å². The highest BCUT2D eigenvalue weighted by Gasteiger charge is 2.20. The summed E-state index contributed by atoms with van der Waals surface area (Å²) in [6.07, 6.45) is 1.16. The van der Waals surface area contributed by atoms with Crippen molar-refractivity contribution in [1.29, 1.82) is 0 Å². The maximum Gasteiger partial charge on any atom is 0.270 e. The van der Waals surface area contributed by atoms with Gasteiger partial charge in [-0.3, -0.25) is 9.78 Å². The second-order valence-corrected chi connectivity index (χ2v) is 6.68. The molecule has 0 aliphatic carbocycles. The van der Waals surface area contributed by atoms with E-state index in [2.05, 4.69) is 4.98 Å². The average Bonchev–Trinajstić information content (AvgIpc) is 3.01. The first-order chi connectivity index (χ1) is 11.2. The van der Waals surface area contributed by atoms with Gasteiger partial charge < -0.3 is 10.0 Å². The summed E-state index contributed by atoms with van der Waals surface area (Å²) in [4.78, 5) is 22.0. The molecule has 1 aliphatic heterocycles. The molecule has 2 N–H and O–H groups in total. The molecule has 0 amide bonds. The van der Waals surface area contributed by atoms with Crippen molar-refractivity contribution >= 4 is 27.5 Å². The van der Waals surface area contributed by atoms with Gasteiger partial charge in [-0.05, 0) is 18.4 Å². The van der Waals surface area contributed by atoms with Crippen LogP contribution in [-0.2, 0) is 0 Å². The Morgan fingerprint density at radius 1 is 1.22 bits per heavy atom. The largest absolute Gasteiger partial charge is 0.393 e. The highest BCUT2D eigenvalue weighted by molar-refractivity contribution is 7.17. The maximum atomic E-state index is 12.4. The molecule has 3 aromatic rings. The Balaban J connectivity index is 1.81. The number of benzene rings is 1. The number of rotatable bonds is 2. The third kappa shape index (κ3) is 2.64. The lowest BCUT2D eigenvalue weighted by Crippen LogP contribution is -2.37. The van der Waals surface area contributed by atoms with Gasteiger partial charge in [-0.15, -0.1) is 11.3 Å². The summed E-state index contributed by atoms with van der Waals surface area (Å²) in [5.41, 5.74) is 2.72. The highest BCUT2D eigenvalue weighted by atomic mass is 32.1. The Morgan fingerprint density at radius 2 is 1.96 bits per heavy atom. The number of anilines is 1. The number of nitrogens with one attached hydrogen (secondary N) is 1. The monoisotopic (exact) mass is 327 g/mol. The molecule has 1 fully saturated rings. The quantitative estimate of drug-likeness (QED) is 0.759. The first kappa shape index (κ1) is 14.4. The fourth-order valence-corrected chi connectivity index (χ4v) is 3.87. The number of aliphatic hydroxyl groups is 1. The normalized spacial score (nSPS) is 16.1. The zero-order valence-electron chi connectivity index (χ0n) is 12.5. The summed E-state index contributed by atoms with van der Waals surface area (Å²) >= 11 is 1.43. The number of hydrogen-bond acceptors (Lipinski definition) is 5. The molecule has 1 aliphatic rings. The van der Waals surface area contributed by atoms with E-state index < -0.39 is 0 Å². The average molecular weight is 327 g/mol. The fraction of sp³-hybridized carbons (Fsp3) is 0.294. The molecular formula is C17H17N3O2S. The molecule has 1 aromatic carbocycles. The number of H-pyrrole nitrogens is 1. The minimum absolute atomic E-state index is 0.0942. The van der Waals surface area contributed by atoms with Gasteiger partial charge in [0.05, 0.1) is 11.6 Å². The molecule has 0 unspecified atom stereocenters. The van der Waals surface area contributed by atoms with Crippen LogP contribution in [0.4, 0.5) is 5.95 Å². The van der Waals surface area contributed by atoms with Crippen LogP contribution in [-0.4, -0.2) is 34.3 Å². The molecule has 3 heterocycles. The van der Waals surface area contributed by atoms with E-state index in [1.807, 2.05) is 40.6 Å². The van der Waals surface area contributed by atoms with Crippen LogP contribution in [0.5, 0.6) is 0 Å². The minimum Gasteiger partial charge on any atom is -0.393 e. The van der Waals surface area contributed by atoms with E-state index in [4.69, 9.17) is 4.98 Å². The zero-order chi connectivity index (χ0) is 15.8. The maximum absolute atomic E-state index is 12.4. The van der Waals surface area contributed by atoms with E-state index in [-0.39, 0.29) is 11.7 Å². The molecule has 6 heteroatoms. The van der Waals surface area contributed by atoms with Crippen molar-refractivity contribution in [1.82, 2.24) is 9.97 Å². The van der Waals surface area contributed by atoms with Gasteiger partial charge in [0.2, 0.25) is 5.95 Å². The van der Waals surface area contributed by atoms with Crippen molar-refractivity contribution in [3.05, 3.63) is 46.1 Å². The Morgan fingerprint density at radius 3 is 2.70 bits per heavy atom. The van der Waals surface area contributed by atoms with Crippen LogP contribution in [0.1, 0.15) is 12.8 Å². The van der Waals surface area contributed by atoms with Gasteiger partial charge in [0.15, 0.2) is 0 Å². The lowest BCUT2D eigenvalue weighted by atomic mass is 10.1. The number of piperidine rings is 1. The Bertz CT molecular complexity index is 880. The van der Waals surface area contributed by atoms with Gasteiger partial charge in [-0.2, -0.15) is 0 Å². The Labute approximate surface area is 137 Å². The van der Waals surface area contributed by atoms with Crippen LogP contribution in [0.2, 0.25) is 0 Å². The molecule has 0 atom stereocenters. The second-order valence-electron chi connectivity index (χ2n) is 5.80. The summed E-state index contributed by atoms with van der Waals surface area (Å²) in [6.45, 7) is 1.42. The third-order valence-corrected chi connectivity index (χ3v) is 5.23. The number of thiophene rings is 1. The minimum atomic E-state index is -0.247. The van der Waals surface area contributed by atoms with E-state index >= 15 is 0 Å². The van der Waals surface area contributed by atoms with Crippen molar-refractivity contribution in [2.24, 2.45) is 0 Å². The molecule has 2 aromatic heterocycles. The molecule has 0 bridgehead atoms. The number of nitrogens with zero attached hydrogens (tertiary/aromatic N) is 2. The number of hydrogen-bond donors (Lipinski definition) is 2. The first-order valence-corrected chi connectivity index (χ1v) is 8.60. The van der Waals surface area contributed by atoms with Crippen molar-refractivity contribution in [3.8, 4) is 11.1 Å². The topological polar surface area (TPSA) is 69.2 Å². The second kappa shape index (κ2) is 5.79. The molecule has 4 rings (SSSR count). The van der Waals surface area contributed by atoms with E-state index in [1.165, 1.54) is 11.3 Å². The van der Waals surface area contributed by atoms with E-state index in [0.29, 0.717) is 36.6 Å². The van der Waals surface area contributed by atoms with Crippen molar-refractivity contribution in [3.63, 3.8) is 0 Å². The van der Waals surface area contributed by atoms with Crippen molar-refractivity contribution in [2.45, 2.75) is 18.9 Å². The van der Waals surface area contributed by atoms with E-state index in [1.54, 1.807) is 0 Å². The fourth-order valence-electron chi connectivity index (χ4n) is 2.97. The van der Waals surface area contributed by atoms with Crippen molar-refractivity contribution < 1.29 is 5.11 Å². The number of fused-ring (bicyclic) bond motifs is 1. The number of aliphatic hydroxyl groups excluding tert-OH is 1. The Kier molecular flexibility index (Phi) is 3.63. The summed E-state index contributed by atoms with van der Waals surface area (Å²) in [7, 11) is 0. The van der Waals surface area contributed by atoms with Crippen LogP contribution < -0.4 is 10.5 Å². The van der Waals surface area contributed by atoms with Crippen LogP contribution in [0.3, 0.4) is 0 Å². The van der Waals surface area contributed by atoms with E-state index in [0.717, 1.165) is 16.6 Å². The molecule has 0 spiro atoms. The SMILES string of the molecule is O=c1[nH]c(N2CCC(O)CC2)nc2c(-c3ccccc3)csc12. The smallest absolute Gasteiger partial charge is 0.270 e. The summed E-state index contributed by atoms with van der Waals surface area (Å²) in [6, 6.07) is 10.0. The van der Waals surface area contributed by atoms with Gasteiger partial charge in [0.1, 0.15) is 4.70 Å². The van der Waals surface area contributed by atoms with Crippen LogP contribution >= 0.6 is 11.3 Å². The molecule has 118 valence electrons. The van der Waals surface area contributed by atoms with Gasteiger partial charge in [-0.1, -0.05) is 30.3 Å². The first-order valence-electron chi connectivity index (χ1n) is 7.72. The Hall–Kier alpha value is -2.18. The highest BCUT2D eigenvalue weighted by Crippen LogP contribution is 2.31. The number of aromatic nitrogens is 2. The summed E-state index contributed by atoms with van der Waals surface area (Å²) in [5.74, 6) is 0.602. The van der Waals surface area contributed by atoms with Gasteiger partial charge in [-0.25, -0.2) is 4.98 Å². The molecule has 1 saturated heterocycles. The molecular weight excluding hydrogens is 310 g/mol.